The highest BCUT2D eigenvalue weighted by Gasteiger charge is 2.23. The predicted octanol–water partition coefficient (Wildman–Crippen LogP) is 4.79. The number of rotatable bonds is 1. The fourth-order valence-corrected chi connectivity index (χ4v) is 5.19. The number of hydrogen-bond donors (Lipinski definition) is 0. The van der Waals surface area contributed by atoms with Crippen molar-refractivity contribution in [1.29, 1.82) is 0 Å². The van der Waals surface area contributed by atoms with Gasteiger partial charge in [-0.15, -0.1) is 11.3 Å². The van der Waals surface area contributed by atoms with E-state index in [9.17, 15) is 4.21 Å². The molecule has 0 bridgehead atoms. The van der Waals surface area contributed by atoms with E-state index in [0.29, 0.717) is 5.75 Å². The van der Waals surface area contributed by atoms with Crippen LogP contribution in [0.4, 0.5) is 0 Å². The smallest absolute Gasteiger partial charge is 0.124 e. The van der Waals surface area contributed by atoms with Gasteiger partial charge in [0.1, 0.15) is 5.01 Å². The number of aryl methyl sites for hydroxylation is 1. The second-order valence-electron chi connectivity index (χ2n) is 5.09. The summed E-state index contributed by atoms with van der Waals surface area (Å²) in [5.74, 6) is 0.659. The number of thiazole rings is 1. The van der Waals surface area contributed by atoms with Crippen LogP contribution >= 0.6 is 22.9 Å². The molecule has 110 valence electrons. The minimum atomic E-state index is -0.942. The van der Waals surface area contributed by atoms with Gasteiger partial charge in [-0.3, -0.25) is 4.21 Å². The van der Waals surface area contributed by atoms with Crippen molar-refractivity contribution in [3.63, 3.8) is 0 Å². The summed E-state index contributed by atoms with van der Waals surface area (Å²) in [7, 11) is -0.942. The number of fused-ring (bicyclic) bond motifs is 3. The van der Waals surface area contributed by atoms with E-state index in [1.54, 1.807) is 11.3 Å². The van der Waals surface area contributed by atoms with E-state index in [1.165, 1.54) is 4.88 Å². The average Bonchev–Trinajstić information content (AvgIpc) is 2.92. The Morgan fingerprint density at radius 2 is 1.86 bits per heavy atom. The third kappa shape index (κ3) is 2.41. The Hall–Kier alpha value is -1.49. The number of nitrogens with zero attached hydrogens (tertiary/aromatic N) is 1. The Morgan fingerprint density at radius 3 is 2.68 bits per heavy atom. The zero-order valence-electron chi connectivity index (χ0n) is 11.6. The molecule has 0 aliphatic carbocycles. The molecule has 1 aliphatic heterocycles. The van der Waals surface area contributed by atoms with E-state index in [-0.39, 0.29) is 0 Å². The summed E-state index contributed by atoms with van der Waals surface area (Å²) >= 11 is 7.64. The lowest BCUT2D eigenvalue weighted by atomic mass is 10.1. The first-order valence-corrected chi connectivity index (χ1v) is 9.47. The van der Waals surface area contributed by atoms with Crippen molar-refractivity contribution in [2.75, 3.05) is 5.75 Å². The highest BCUT2D eigenvalue weighted by molar-refractivity contribution is 7.85. The second-order valence-corrected chi connectivity index (χ2v) is 8.15. The monoisotopic (exact) mass is 345 g/mol. The Labute approximate surface area is 140 Å². The van der Waals surface area contributed by atoms with Crippen LogP contribution in [0.1, 0.15) is 4.88 Å². The molecule has 2 heterocycles. The second kappa shape index (κ2) is 5.61. The van der Waals surface area contributed by atoms with E-state index in [0.717, 1.165) is 38.2 Å². The molecule has 1 unspecified atom stereocenters. The Bertz CT molecular complexity index is 871. The van der Waals surface area contributed by atoms with Crippen molar-refractivity contribution in [2.24, 2.45) is 0 Å². The van der Waals surface area contributed by atoms with Gasteiger partial charge in [0.05, 0.1) is 16.5 Å². The lowest BCUT2D eigenvalue weighted by Crippen LogP contribution is -1.98. The summed E-state index contributed by atoms with van der Waals surface area (Å²) in [5, 5.41) is 1.71. The van der Waals surface area contributed by atoms with Gasteiger partial charge >= 0.3 is 0 Å². The maximum Gasteiger partial charge on any atom is 0.124 e. The van der Waals surface area contributed by atoms with E-state index >= 15 is 0 Å². The molecule has 5 heteroatoms. The highest BCUT2D eigenvalue weighted by atomic mass is 35.5. The molecule has 22 heavy (non-hydrogen) atoms. The molecule has 0 spiro atoms. The molecule has 1 aliphatic rings. The van der Waals surface area contributed by atoms with Crippen molar-refractivity contribution in [2.45, 2.75) is 11.3 Å². The van der Waals surface area contributed by atoms with Crippen LogP contribution in [0.3, 0.4) is 0 Å². The third-order valence-corrected chi connectivity index (χ3v) is 6.53. The van der Waals surface area contributed by atoms with Crippen molar-refractivity contribution >= 4 is 33.7 Å². The fourth-order valence-electron chi connectivity index (χ4n) is 2.60. The van der Waals surface area contributed by atoms with Gasteiger partial charge in [-0.05, 0) is 24.6 Å². The maximum atomic E-state index is 12.3. The summed E-state index contributed by atoms with van der Waals surface area (Å²) in [6.45, 7) is 0. The molecule has 3 aromatic rings. The number of hydrogen-bond acceptors (Lipinski definition) is 3. The largest absolute Gasteiger partial charge is 0.254 e. The Balaban J connectivity index is 1.88. The Kier molecular flexibility index (Phi) is 3.60. The van der Waals surface area contributed by atoms with Crippen LogP contribution in [-0.2, 0) is 17.2 Å². The highest BCUT2D eigenvalue weighted by Crippen LogP contribution is 2.38. The van der Waals surface area contributed by atoms with Crippen LogP contribution in [0.2, 0.25) is 5.02 Å². The SMILES string of the molecule is O=S1CCc2sc(-c3ccc(Cl)cc3)nc2-c2ccccc21. The summed E-state index contributed by atoms with van der Waals surface area (Å²) in [4.78, 5) is 6.94. The van der Waals surface area contributed by atoms with Crippen LogP contribution in [0, 0.1) is 0 Å². The quantitative estimate of drug-likeness (QED) is 0.634. The normalized spacial score (nSPS) is 16.7. The van der Waals surface area contributed by atoms with E-state index in [1.807, 2.05) is 48.5 Å². The van der Waals surface area contributed by atoms with E-state index < -0.39 is 10.8 Å². The molecule has 2 aromatic carbocycles. The molecular weight excluding hydrogens is 334 g/mol. The fraction of sp³-hybridized carbons (Fsp3) is 0.118. The molecule has 0 N–H and O–H groups in total. The average molecular weight is 346 g/mol. The van der Waals surface area contributed by atoms with E-state index in [4.69, 9.17) is 16.6 Å². The zero-order chi connectivity index (χ0) is 15.1. The van der Waals surface area contributed by atoms with Crippen LogP contribution in [-0.4, -0.2) is 14.9 Å². The van der Waals surface area contributed by atoms with Gasteiger partial charge in [0.2, 0.25) is 0 Å². The third-order valence-electron chi connectivity index (χ3n) is 3.69. The molecule has 4 rings (SSSR count). The molecule has 1 aromatic heterocycles. The summed E-state index contributed by atoms with van der Waals surface area (Å²) < 4.78 is 12.3. The summed E-state index contributed by atoms with van der Waals surface area (Å²) in [5.41, 5.74) is 3.06. The summed E-state index contributed by atoms with van der Waals surface area (Å²) in [6, 6.07) is 15.6. The molecule has 0 saturated heterocycles. The lowest BCUT2D eigenvalue weighted by molar-refractivity contribution is 0.683. The van der Waals surface area contributed by atoms with Gasteiger partial charge in [-0.1, -0.05) is 41.9 Å². The first kappa shape index (κ1) is 14.1. The zero-order valence-corrected chi connectivity index (χ0v) is 14.0. The van der Waals surface area contributed by atoms with Crippen LogP contribution < -0.4 is 0 Å². The first-order valence-electron chi connectivity index (χ1n) is 6.96. The van der Waals surface area contributed by atoms with Gasteiger partial charge in [-0.25, -0.2) is 4.98 Å². The lowest BCUT2D eigenvalue weighted by Gasteiger charge is -2.03. The first-order chi connectivity index (χ1) is 10.7. The maximum absolute atomic E-state index is 12.3. The van der Waals surface area contributed by atoms with E-state index in [2.05, 4.69) is 0 Å². The molecule has 0 radical (unpaired) electrons. The minimum Gasteiger partial charge on any atom is -0.254 e. The van der Waals surface area contributed by atoms with Crippen LogP contribution in [0.25, 0.3) is 21.8 Å². The van der Waals surface area contributed by atoms with Crippen molar-refractivity contribution in [3.8, 4) is 21.8 Å². The van der Waals surface area contributed by atoms with Gasteiger partial charge in [0, 0.05) is 31.7 Å². The summed E-state index contributed by atoms with van der Waals surface area (Å²) in [6.07, 6.45) is 0.807. The molecule has 0 amide bonds. The van der Waals surface area contributed by atoms with Crippen molar-refractivity contribution in [3.05, 3.63) is 58.4 Å². The molecule has 1 atom stereocenters. The molecule has 0 fully saturated rings. The molecule has 0 saturated carbocycles. The number of benzene rings is 2. The van der Waals surface area contributed by atoms with Gasteiger partial charge in [0.15, 0.2) is 0 Å². The number of halogens is 1. The van der Waals surface area contributed by atoms with Gasteiger partial charge in [-0.2, -0.15) is 0 Å². The van der Waals surface area contributed by atoms with Crippen molar-refractivity contribution in [1.82, 2.24) is 4.98 Å². The molecular formula is C17H12ClNOS2. The minimum absolute atomic E-state index is 0.659. The Morgan fingerprint density at radius 1 is 1.09 bits per heavy atom. The van der Waals surface area contributed by atoms with Gasteiger partial charge < -0.3 is 0 Å². The van der Waals surface area contributed by atoms with Gasteiger partial charge in [0.25, 0.3) is 0 Å². The van der Waals surface area contributed by atoms with Crippen LogP contribution in [0.5, 0.6) is 0 Å². The standard InChI is InChI=1S/C17H12ClNOS2/c18-12-7-5-11(6-8-12)17-19-16-13-3-1-2-4-15(13)22(20)10-9-14(16)21-17/h1-8H,9-10H2. The van der Waals surface area contributed by atoms with Crippen molar-refractivity contribution < 1.29 is 4.21 Å². The number of aromatic nitrogens is 1. The topological polar surface area (TPSA) is 30.0 Å². The van der Waals surface area contributed by atoms with Crippen LogP contribution in [0.15, 0.2) is 53.4 Å². The molecule has 2 nitrogen and oxygen atoms in total. The predicted molar refractivity (Wildman–Crippen MR) is 93.0 cm³/mol.